The zero-order chi connectivity index (χ0) is 23.0. The average molecular weight is 452 g/mol. The minimum Gasteiger partial charge on any atom is -0.493 e. The fourth-order valence-corrected chi connectivity index (χ4v) is 3.78. The van der Waals surface area contributed by atoms with Crippen molar-refractivity contribution in [2.45, 2.75) is 19.2 Å². The molecule has 1 heterocycles. The maximum atomic E-state index is 10.7. The van der Waals surface area contributed by atoms with E-state index in [0.29, 0.717) is 31.1 Å². The Morgan fingerprint density at radius 1 is 0.848 bits per heavy atom. The first-order valence-corrected chi connectivity index (χ1v) is 10.8. The Balaban J connectivity index is 1.47. The van der Waals surface area contributed by atoms with Gasteiger partial charge in [0.2, 0.25) is 6.79 Å². The van der Waals surface area contributed by atoms with Crippen LogP contribution in [0.5, 0.6) is 28.7 Å². The normalized spacial score (nSPS) is 13.1. The monoisotopic (exact) mass is 451 g/mol. The topological polar surface area (TPSA) is 69.6 Å². The SMILES string of the molecule is COc1ccc(CN(Cc2ccc3c(c2)OCO3)C[C@@H](O)COc2ccccc2)cc1OC. The average Bonchev–Trinajstić information content (AvgIpc) is 3.31. The molecular formula is C26H29NO6. The first-order chi connectivity index (χ1) is 16.1. The second-order valence-corrected chi connectivity index (χ2v) is 7.82. The Kier molecular flexibility index (Phi) is 7.55. The Labute approximate surface area is 194 Å². The van der Waals surface area contributed by atoms with Crippen LogP contribution < -0.4 is 23.7 Å². The van der Waals surface area contributed by atoms with Crippen molar-refractivity contribution in [2.24, 2.45) is 0 Å². The quantitative estimate of drug-likeness (QED) is 0.475. The van der Waals surface area contributed by atoms with Gasteiger partial charge < -0.3 is 28.8 Å². The number of aliphatic hydroxyl groups excluding tert-OH is 1. The number of nitrogens with zero attached hydrogens (tertiary/aromatic N) is 1. The Bertz CT molecular complexity index is 1040. The van der Waals surface area contributed by atoms with E-state index in [1.807, 2.05) is 66.7 Å². The van der Waals surface area contributed by atoms with Gasteiger partial charge in [-0.05, 0) is 47.5 Å². The van der Waals surface area contributed by atoms with Crippen LogP contribution in [0.3, 0.4) is 0 Å². The molecule has 33 heavy (non-hydrogen) atoms. The summed E-state index contributed by atoms with van der Waals surface area (Å²) in [4.78, 5) is 2.16. The van der Waals surface area contributed by atoms with Crippen LogP contribution >= 0.6 is 0 Å². The maximum absolute atomic E-state index is 10.7. The molecule has 1 atom stereocenters. The van der Waals surface area contributed by atoms with Gasteiger partial charge in [0, 0.05) is 19.6 Å². The molecular weight excluding hydrogens is 422 g/mol. The first-order valence-electron chi connectivity index (χ1n) is 10.8. The summed E-state index contributed by atoms with van der Waals surface area (Å²) in [6, 6.07) is 21.3. The standard InChI is InChI=1S/C26H29NO6/c1-29-23-10-8-19(12-25(23)30-2)14-27(15-20-9-11-24-26(13-20)33-18-32-24)16-21(28)17-31-22-6-4-3-5-7-22/h3-13,21,28H,14-18H2,1-2H3/t21-/m1/s1. The van der Waals surface area contributed by atoms with E-state index in [1.165, 1.54) is 0 Å². The van der Waals surface area contributed by atoms with Gasteiger partial charge in [0.25, 0.3) is 0 Å². The van der Waals surface area contributed by atoms with Gasteiger partial charge in [-0.2, -0.15) is 0 Å². The van der Waals surface area contributed by atoms with Crippen molar-refractivity contribution in [2.75, 3.05) is 34.2 Å². The molecule has 4 rings (SSSR count). The molecule has 0 saturated heterocycles. The molecule has 7 heteroatoms. The van der Waals surface area contributed by atoms with Gasteiger partial charge in [-0.3, -0.25) is 4.90 Å². The van der Waals surface area contributed by atoms with Crippen LogP contribution in [0, 0.1) is 0 Å². The molecule has 3 aromatic rings. The summed E-state index contributed by atoms with van der Waals surface area (Å²) < 4.78 is 27.5. The highest BCUT2D eigenvalue weighted by Gasteiger charge is 2.18. The molecule has 1 N–H and O–H groups in total. The Hall–Kier alpha value is -3.42. The lowest BCUT2D eigenvalue weighted by atomic mass is 10.1. The van der Waals surface area contributed by atoms with E-state index < -0.39 is 6.10 Å². The summed E-state index contributed by atoms with van der Waals surface area (Å²) in [6.45, 7) is 2.09. The van der Waals surface area contributed by atoms with E-state index in [2.05, 4.69) is 4.90 Å². The van der Waals surface area contributed by atoms with Gasteiger partial charge in [-0.1, -0.05) is 30.3 Å². The number of fused-ring (bicyclic) bond motifs is 1. The number of methoxy groups -OCH3 is 2. The summed E-state index contributed by atoms with van der Waals surface area (Å²) in [5, 5.41) is 10.7. The van der Waals surface area contributed by atoms with Gasteiger partial charge in [-0.25, -0.2) is 0 Å². The number of hydrogen-bond donors (Lipinski definition) is 1. The highest BCUT2D eigenvalue weighted by molar-refractivity contribution is 5.45. The van der Waals surface area contributed by atoms with Crippen LogP contribution in [0.15, 0.2) is 66.7 Å². The molecule has 1 aliphatic rings. The van der Waals surface area contributed by atoms with E-state index >= 15 is 0 Å². The third-order valence-corrected chi connectivity index (χ3v) is 5.35. The molecule has 0 amide bonds. The van der Waals surface area contributed by atoms with Gasteiger partial charge in [-0.15, -0.1) is 0 Å². The van der Waals surface area contributed by atoms with Gasteiger partial charge in [0.1, 0.15) is 18.5 Å². The molecule has 0 saturated carbocycles. The van der Waals surface area contributed by atoms with Crippen LogP contribution in [-0.4, -0.2) is 50.3 Å². The van der Waals surface area contributed by atoms with Crippen molar-refractivity contribution >= 4 is 0 Å². The Morgan fingerprint density at radius 2 is 1.55 bits per heavy atom. The van der Waals surface area contributed by atoms with Crippen molar-refractivity contribution in [3.63, 3.8) is 0 Å². The Morgan fingerprint density at radius 3 is 2.30 bits per heavy atom. The largest absolute Gasteiger partial charge is 0.493 e. The zero-order valence-corrected chi connectivity index (χ0v) is 18.9. The predicted molar refractivity (Wildman–Crippen MR) is 124 cm³/mol. The van der Waals surface area contributed by atoms with Crippen molar-refractivity contribution in [3.05, 3.63) is 77.9 Å². The second kappa shape index (κ2) is 10.9. The summed E-state index contributed by atoms with van der Waals surface area (Å²) in [5.41, 5.74) is 2.11. The number of rotatable bonds is 11. The van der Waals surface area contributed by atoms with Crippen LogP contribution in [-0.2, 0) is 13.1 Å². The van der Waals surface area contributed by atoms with Crippen LogP contribution in [0.1, 0.15) is 11.1 Å². The van der Waals surface area contributed by atoms with E-state index in [0.717, 1.165) is 28.4 Å². The third-order valence-electron chi connectivity index (χ3n) is 5.35. The molecule has 1 aliphatic heterocycles. The smallest absolute Gasteiger partial charge is 0.231 e. The lowest BCUT2D eigenvalue weighted by Gasteiger charge is -2.26. The van der Waals surface area contributed by atoms with Crippen molar-refractivity contribution < 1.29 is 28.8 Å². The molecule has 0 aliphatic carbocycles. The third kappa shape index (κ3) is 6.09. The lowest BCUT2D eigenvalue weighted by Crippen LogP contribution is -2.35. The first kappa shape index (κ1) is 22.8. The van der Waals surface area contributed by atoms with E-state index in [1.54, 1.807) is 14.2 Å². The number of benzene rings is 3. The fraction of sp³-hybridized carbons (Fsp3) is 0.308. The molecule has 0 unspecified atom stereocenters. The van der Waals surface area contributed by atoms with Crippen LogP contribution in [0.4, 0.5) is 0 Å². The summed E-state index contributed by atoms with van der Waals surface area (Å²) >= 11 is 0. The minimum atomic E-state index is -0.667. The predicted octanol–water partition coefficient (Wildman–Crippen LogP) is 3.87. The van der Waals surface area contributed by atoms with Crippen molar-refractivity contribution in [3.8, 4) is 28.7 Å². The molecule has 7 nitrogen and oxygen atoms in total. The van der Waals surface area contributed by atoms with Gasteiger partial charge in [0.15, 0.2) is 23.0 Å². The molecule has 174 valence electrons. The zero-order valence-electron chi connectivity index (χ0n) is 18.9. The van der Waals surface area contributed by atoms with Crippen LogP contribution in [0.25, 0.3) is 0 Å². The maximum Gasteiger partial charge on any atom is 0.231 e. The van der Waals surface area contributed by atoms with Crippen molar-refractivity contribution in [1.82, 2.24) is 4.90 Å². The van der Waals surface area contributed by atoms with Crippen molar-refractivity contribution in [1.29, 1.82) is 0 Å². The molecule has 3 aromatic carbocycles. The number of ether oxygens (including phenoxy) is 5. The summed E-state index contributed by atoms with van der Waals surface area (Å²) in [7, 11) is 3.24. The molecule has 0 spiro atoms. The highest BCUT2D eigenvalue weighted by atomic mass is 16.7. The van der Waals surface area contributed by atoms with Crippen LogP contribution in [0.2, 0.25) is 0 Å². The number of para-hydroxylation sites is 1. The molecule has 0 radical (unpaired) electrons. The second-order valence-electron chi connectivity index (χ2n) is 7.82. The van der Waals surface area contributed by atoms with Gasteiger partial charge in [0.05, 0.1) is 14.2 Å². The summed E-state index contributed by atoms with van der Waals surface area (Å²) in [5.74, 6) is 3.58. The molecule has 0 bridgehead atoms. The van der Waals surface area contributed by atoms with Gasteiger partial charge >= 0.3 is 0 Å². The molecule has 0 aromatic heterocycles. The molecule has 0 fully saturated rings. The van der Waals surface area contributed by atoms with E-state index in [-0.39, 0.29) is 13.4 Å². The van der Waals surface area contributed by atoms with E-state index in [4.69, 9.17) is 23.7 Å². The number of aliphatic hydroxyl groups is 1. The minimum absolute atomic E-state index is 0.202. The lowest BCUT2D eigenvalue weighted by molar-refractivity contribution is 0.0628. The van der Waals surface area contributed by atoms with E-state index in [9.17, 15) is 5.11 Å². The highest BCUT2D eigenvalue weighted by Crippen LogP contribution is 2.33. The summed E-state index contributed by atoms with van der Waals surface area (Å²) in [6.07, 6.45) is -0.667. The number of hydrogen-bond acceptors (Lipinski definition) is 7. The fourth-order valence-electron chi connectivity index (χ4n) is 3.78.